The van der Waals surface area contributed by atoms with Gasteiger partial charge in [-0.15, -0.1) is 0 Å². The number of rotatable bonds is 5. The van der Waals surface area contributed by atoms with Crippen molar-refractivity contribution in [2.75, 3.05) is 13.7 Å². The lowest BCUT2D eigenvalue weighted by molar-refractivity contribution is 0.211. The van der Waals surface area contributed by atoms with Crippen LogP contribution in [0.1, 0.15) is 24.2 Å². The molecule has 0 amide bonds. The van der Waals surface area contributed by atoms with Crippen LogP contribution >= 0.6 is 15.9 Å². The molecule has 0 fully saturated rings. The highest BCUT2D eigenvalue weighted by atomic mass is 79.9. The minimum atomic E-state index is -0.736. The van der Waals surface area contributed by atoms with E-state index in [9.17, 15) is 5.11 Å². The van der Waals surface area contributed by atoms with Gasteiger partial charge in [-0.25, -0.2) is 0 Å². The van der Waals surface area contributed by atoms with Gasteiger partial charge in [0, 0.05) is 10.0 Å². The molecule has 2 rings (SSSR count). The van der Waals surface area contributed by atoms with Gasteiger partial charge in [-0.3, -0.25) is 0 Å². The van der Waals surface area contributed by atoms with Crippen molar-refractivity contribution in [3.8, 4) is 11.5 Å². The molecule has 0 aliphatic rings. The number of ether oxygens (including phenoxy) is 2. The van der Waals surface area contributed by atoms with E-state index in [1.807, 2.05) is 49.4 Å². The highest BCUT2D eigenvalue weighted by Crippen LogP contribution is 2.33. The summed E-state index contributed by atoms with van der Waals surface area (Å²) in [7, 11) is 1.62. The number of benzene rings is 2. The molecule has 4 heteroatoms. The van der Waals surface area contributed by atoms with Crippen LogP contribution in [-0.2, 0) is 0 Å². The van der Waals surface area contributed by atoms with Gasteiger partial charge in [0.25, 0.3) is 0 Å². The monoisotopic (exact) mass is 336 g/mol. The summed E-state index contributed by atoms with van der Waals surface area (Å²) in [6.07, 6.45) is -0.736. The van der Waals surface area contributed by atoms with Gasteiger partial charge in [0.2, 0.25) is 0 Å². The highest BCUT2D eigenvalue weighted by Gasteiger charge is 2.16. The molecule has 0 radical (unpaired) electrons. The summed E-state index contributed by atoms with van der Waals surface area (Å²) in [4.78, 5) is 0. The average molecular weight is 337 g/mol. The summed E-state index contributed by atoms with van der Waals surface area (Å²) in [6, 6.07) is 13.0. The molecule has 1 N–H and O–H groups in total. The van der Waals surface area contributed by atoms with Crippen LogP contribution in [0.3, 0.4) is 0 Å². The first kappa shape index (κ1) is 14.9. The van der Waals surface area contributed by atoms with Crippen LogP contribution < -0.4 is 9.47 Å². The SMILES string of the molecule is CCOc1ccc(Br)cc1C(O)c1ccc(OC)cc1. The molecule has 0 bridgehead atoms. The van der Waals surface area contributed by atoms with E-state index in [0.717, 1.165) is 21.3 Å². The molecule has 2 aromatic carbocycles. The fourth-order valence-electron chi connectivity index (χ4n) is 1.99. The zero-order chi connectivity index (χ0) is 14.5. The standard InChI is InChI=1S/C16H17BrO3/c1-3-20-15-9-6-12(17)10-14(15)16(18)11-4-7-13(19-2)8-5-11/h4-10,16,18H,3H2,1-2H3. The van der Waals surface area contributed by atoms with Crippen molar-refractivity contribution in [2.45, 2.75) is 13.0 Å². The average Bonchev–Trinajstić information content (AvgIpc) is 2.48. The summed E-state index contributed by atoms with van der Waals surface area (Å²) in [5, 5.41) is 10.5. The second-order valence-corrected chi connectivity index (χ2v) is 5.21. The highest BCUT2D eigenvalue weighted by molar-refractivity contribution is 9.10. The number of hydrogen-bond donors (Lipinski definition) is 1. The zero-order valence-electron chi connectivity index (χ0n) is 11.5. The second kappa shape index (κ2) is 6.77. The van der Waals surface area contributed by atoms with E-state index in [0.29, 0.717) is 12.4 Å². The topological polar surface area (TPSA) is 38.7 Å². The van der Waals surface area contributed by atoms with Gasteiger partial charge < -0.3 is 14.6 Å². The summed E-state index contributed by atoms with van der Waals surface area (Å²) >= 11 is 3.42. The summed E-state index contributed by atoms with van der Waals surface area (Å²) in [5.74, 6) is 1.46. The van der Waals surface area contributed by atoms with Crippen LogP contribution in [0.5, 0.6) is 11.5 Å². The van der Waals surface area contributed by atoms with E-state index < -0.39 is 6.10 Å². The Bertz CT molecular complexity index is 566. The Kier molecular flexibility index (Phi) is 5.04. The third-order valence-corrected chi connectivity index (χ3v) is 3.49. The van der Waals surface area contributed by atoms with Crippen molar-refractivity contribution < 1.29 is 14.6 Å². The Morgan fingerprint density at radius 1 is 1.15 bits per heavy atom. The van der Waals surface area contributed by atoms with Crippen molar-refractivity contribution >= 4 is 15.9 Å². The molecule has 0 saturated heterocycles. The van der Waals surface area contributed by atoms with E-state index in [4.69, 9.17) is 9.47 Å². The summed E-state index contributed by atoms with van der Waals surface area (Å²) in [6.45, 7) is 2.48. The normalized spacial score (nSPS) is 12.0. The van der Waals surface area contributed by atoms with Crippen molar-refractivity contribution in [3.63, 3.8) is 0 Å². The van der Waals surface area contributed by atoms with Gasteiger partial charge in [-0.2, -0.15) is 0 Å². The Balaban J connectivity index is 2.35. The maximum Gasteiger partial charge on any atom is 0.125 e. The van der Waals surface area contributed by atoms with Crippen LogP contribution in [0.15, 0.2) is 46.9 Å². The smallest absolute Gasteiger partial charge is 0.125 e. The Labute approximate surface area is 127 Å². The van der Waals surface area contributed by atoms with Crippen LogP contribution in [0.25, 0.3) is 0 Å². The van der Waals surface area contributed by atoms with Crippen LogP contribution in [0, 0.1) is 0 Å². The van der Waals surface area contributed by atoms with E-state index in [1.165, 1.54) is 0 Å². The molecule has 20 heavy (non-hydrogen) atoms. The predicted molar refractivity (Wildman–Crippen MR) is 82.4 cm³/mol. The van der Waals surface area contributed by atoms with Gasteiger partial charge in [0.15, 0.2) is 0 Å². The minimum absolute atomic E-state index is 0.559. The molecule has 3 nitrogen and oxygen atoms in total. The molecular formula is C16H17BrO3. The summed E-state index contributed by atoms with van der Waals surface area (Å²) < 4.78 is 11.6. The molecule has 2 aromatic rings. The third-order valence-electron chi connectivity index (χ3n) is 3.00. The maximum atomic E-state index is 10.5. The van der Waals surface area contributed by atoms with Gasteiger partial charge in [-0.1, -0.05) is 28.1 Å². The minimum Gasteiger partial charge on any atom is -0.497 e. The number of methoxy groups -OCH3 is 1. The summed E-state index contributed by atoms with van der Waals surface area (Å²) in [5.41, 5.74) is 1.54. The van der Waals surface area contributed by atoms with Gasteiger partial charge in [0.1, 0.15) is 17.6 Å². The second-order valence-electron chi connectivity index (χ2n) is 4.29. The fraction of sp³-hybridized carbons (Fsp3) is 0.250. The maximum absolute atomic E-state index is 10.5. The lowest BCUT2D eigenvalue weighted by Crippen LogP contribution is -2.04. The molecule has 0 spiro atoms. The first-order chi connectivity index (χ1) is 9.65. The molecule has 0 saturated carbocycles. The van der Waals surface area contributed by atoms with E-state index in [-0.39, 0.29) is 0 Å². The largest absolute Gasteiger partial charge is 0.497 e. The van der Waals surface area contributed by atoms with Crippen molar-refractivity contribution in [3.05, 3.63) is 58.1 Å². The van der Waals surface area contributed by atoms with Crippen LogP contribution in [0.4, 0.5) is 0 Å². The number of halogens is 1. The van der Waals surface area contributed by atoms with Crippen molar-refractivity contribution in [2.24, 2.45) is 0 Å². The third kappa shape index (κ3) is 3.32. The quantitative estimate of drug-likeness (QED) is 0.898. The Morgan fingerprint density at radius 2 is 1.85 bits per heavy atom. The Hall–Kier alpha value is -1.52. The molecule has 1 atom stereocenters. The van der Waals surface area contributed by atoms with E-state index >= 15 is 0 Å². The fourth-order valence-corrected chi connectivity index (χ4v) is 2.36. The van der Waals surface area contributed by atoms with Gasteiger partial charge in [-0.05, 0) is 42.8 Å². The van der Waals surface area contributed by atoms with Crippen LogP contribution in [0.2, 0.25) is 0 Å². The van der Waals surface area contributed by atoms with Gasteiger partial charge >= 0.3 is 0 Å². The van der Waals surface area contributed by atoms with Crippen molar-refractivity contribution in [1.82, 2.24) is 0 Å². The first-order valence-electron chi connectivity index (χ1n) is 6.40. The lowest BCUT2D eigenvalue weighted by atomic mass is 10.0. The molecule has 1 unspecified atom stereocenters. The number of aliphatic hydroxyl groups excluding tert-OH is 1. The van der Waals surface area contributed by atoms with Crippen LogP contribution in [-0.4, -0.2) is 18.8 Å². The van der Waals surface area contributed by atoms with Gasteiger partial charge in [0.05, 0.1) is 13.7 Å². The molecule has 0 aliphatic heterocycles. The number of hydrogen-bond acceptors (Lipinski definition) is 3. The number of aliphatic hydroxyl groups is 1. The van der Waals surface area contributed by atoms with Crippen molar-refractivity contribution in [1.29, 1.82) is 0 Å². The molecule has 106 valence electrons. The molecule has 0 heterocycles. The molecular weight excluding hydrogens is 320 g/mol. The van der Waals surface area contributed by atoms with E-state index in [1.54, 1.807) is 7.11 Å². The zero-order valence-corrected chi connectivity index (χ0v) is 13.1. The molecule has 0 aromatic heterocycles. The molecule has 0 aliphatic carbocycles. The first-order valence-corrected chi connectivity index (χ1v) is 7.19. The lowest BCUT2D eigenvalue weighted by Gasteiger charge is -2.17. The Morgan fingerprint density at radius 3 is 2.45 bits per heavy atom. The predicted octanol–water partition coefficient (Wildman–Crippen LogP) is 3.94. The van der Waals surface area contributed by atoms with E-state index in [2.05, 4.69) is 15.9 Å².